The lowest BCUT2D eigenvalue weighted by atomic mass is 10.1. The van der Waals surface area contributed by atoms with Crippen molar-refractivity contribution in [1.29, 1.82) is 0 Å². The number of imidazole rings is 1. The molecule has 0 bridgehead atoms. The van der Waals surface area contributed by atoms with Crippen LogP contribution in [0.15, 0.2) is 30.2 Å². The number of amides is 1. The van der Waals surface area contributed by atoms with Crippen LogP contribution in [0.1, 0.15) is 33.5 Å². The Morgan fingerprint density at radius 3 is 2.69 bits per heavy atom. The van der Waals surface area contributed by atoms with E-state index >= 15 is 0 Å². The molecule has 1 amide bonds. The Hall–Kier alpha value is -2.94. The molecule has 3 aromatic heterocycles. The average Bonchev–Trinajstić information content (AvgIpc) is 3.33. The molecular weight excluding hydrogens is 354 g/mol. The van der Waals surface area contributed by atoms with Gasteiger partial charge in [0.25, 0.3) is 5.91 Å². The third-order valence-electron chi connectivity index (χ3n) is 4.15. The Kier molecular flexibility index (Phi) is 4.90. The Morgan fingerprint density at radius 1 is 1.35 bits per heavy atom. The van der Waals surface area contributed by atoms with Crippen molar-refractivity contribution in [3.8, 4) is 5.13 Å². The number of esters is 1. The van der Waals surface area contributed by atoms with Crippen molar-refractivity contribution in [2.24, 2.45) is 7.05 Å². The summed E-state index contributed by atoms with van der Waals surface area (Å²) in [5.41, 5.74) is 2.66. The molecule has 1 unspecified atom stereocenters. The fourth-order valence-corrected chi connectivity index (χ4v) is 3.59. The van der Waals surface area contributed by atoms with Crippen molar-refractivity contribution >= 4 is 23.2 Å². The number of nitrogens with zero attached hydrogens (tertiary/aromatic N) is 4. The summed E-state index contributed by atoms with van der Waals surface area (Å²) in [4.78, 5) is 33.3. The molecular formula is C17H19N5O3S. The summed E-state index contributed by atoms with van der Waals surface area (Å²) in [5.74, 6) is -0.923. The van der Waals surface area contributed by atoms with Gasteiger partial charge in [-0.15, -0.1) is 11.3 Å². The van der Waals surface area contributed by atoms with Gasteiger partial charge in [-0.25, -0.2) is 14.8 Å². The van der Waals surface area contributed by atoms with Crippen LogP contribution in [0.25, 0.3) is 5.13 Å². The van der Waals surface area contributed by atoms with E-state index in [0.29, 0.717) is 11.3 Å². The van der Waals surface area contributed by atoms with E-state index in [4.69, 9.17) is 4.74 Å². The van der Waals surface area contributed by atoms with Gasteiger partial charge in [0.05, 0.1) is 30.9 Å². The largest absolute Gasteiger partial charge is 0.467 e. The number of ether oxygens (including phenoxy) is 1. The van der Waals surface area contributed by atoms with Crippen LogP contribution < -0.4 is 5.32 Å². The number of thiazole rings is 1. The SMILES string of the molecule is COC(=O)C(NC(=O)c1cc(C)n(-c2nccs2)c1C)c1cncn1C. The lowest BCUT2D eigenvalue weighted by molar-refractivity contribution is -0.143. The van der Waals surface area contributed by atoms with Crippen LogP contribution in [0.5, 0.6) is 0 Å². The number of hydrogen-bond donors (Lipinski definition) is 1. The zero-order valence-electron chi connectivity index (χ0n) is 14.9. The molecule has 0 aliphatic carbocycles. The van der Waals surface area contributed by atoms with Gasteiger partial charge in [0.2, 0.25) is 0 Å². The summed E-state index contributed by atoms with van der Waals surface area (Å²) in [6.07, 6.45) is 4.81. The van der Waals surface area contributed by atoms with Gasteiger partial charge in [0.1, 0.15) is 0 Å². The van der Waals surface area contributed by atoms with Crippen molar-refractivity contribution < 1.29 is 14.3 Å². The summed E-state index contributed by atoms with van der Waals surface area (Å²) < 4.78 is 8.42. The van der Waals surface area contributed by atoms with Gasteiger partial charge in [-0.1, -0.05) is 0 Å². The van der Waals surface area contributed by atoms with Crippen LogP contribution in [0.3, 0.4) is 0 Å². The summed E-state index contributed by atoms with van der Waals surface area (Å²) in [6, 6.07) is 0.840. The summed E-state index contributed by atoms with van der Waals surface area (Å²) in [7, 11) is 3.03. The topological polar surface area (TPSA) is 91.0 Å². The second-order valence-electron chi connectivity index (χ2n) is 5.79. The highest BCUT2D eigenvalue weighted by Crippen LogP contribution is 2.23. The molecule has 8 nitrogen and oxygen atoms in total. The van der Waals surface area contributed by atoms with Crippen LogP contribution in [-0.2, 0) is 16.6 Å². The number of aryl methyl sites for hydroxylation is 2. The van der Waals surface area contributed by atoms with Gasteiger partial charge in [-0.2, -0.15) is 0 Å². The van der Waals surface area contributed by atoms with Gasteiger partial charge >= 0.3 is 5.97 Å². The zero-order chi connectivity index (χ0) is 18.8. The maximum absolute atomic E-state index is 12.9. The molecule has 9 heteroatoms. The van der Waals surface area contributed by atoms with Gasteiger partial charge in [0.15, 0.2) is 11.2 Å². The standard InChI is InChI=1S/C17H19N5O3S/c1-10-7-12(11(2)22(10)17-19-5-6-26-17)15(23)20-14(16(24)25-4)13-8-18-9-21(13)3/h5-9,14H,1-4H3,(H,20,23). The van der Waals surface area contributed by atoms with Gasteiger partial charge in [0, 0.05) is 30.0 Å². The average molecular weight is 373 g/mol. The molecule has 0 saturated heterocycles. The van der Waals surface area contributed by atoms with E-state index in [1.54, 1.807) is 30.2 Å². The van der Waals surface area contributed by atoms with E-state index in [0.717, 1.165) is 16.5 Å². The Bertz CT molecular complexity index is 942. The molecule has 0 aliphatic heterocycles. The summed E-state index contributed by atoms with van der Waals surface area (Å²) in [5, 5.41) is 5.42. The molecule has 0 radical (unpaired) electrons. The first-order valence-electron chi connectivity index (χ1n) is 7.87. The normalized spacial score (nSPS) is 12.0. The minimum absolute atomic E-state index is 0.363. The highest BCUT2D eigenvalue weighted by molar-refractivity contribution is 7.12. The van der Waals surface area contributed by atoms with Crippen LogP contribution in [0.4, 0.5) is 0 Å². The first-order valence-corrected chi connectivity index (χ1v) is 8.75. The highest BCUT2D eigenvalue weighted by Gasteiger charge is 2.28. The van der Waals surface area contributed by atoms with Gasteiger partial charge in [-0.05, 0) is 19.9 Å². The molecule has 1 N–H and O–H groups in total. The lowest BCUT2D eigenvalue weighted by Gasteiger charge is -2.17. The van der Waals surface area contributed by atoms with Crippen molar-refractivity contribution in [2.45, 2.75) is 19.9 Å². The molecule has 0 spiro atoms. The van der Waals surface area contributed by atoms with Crippen LogP contribution in [0, 0.1) is 13.8 Å². The van der Waals surface area contributed by atoms with Crippen molar-refractivity contribution in [1.82, 2.24) is 24.4 Å². The number of carbonyl (C=O) groups is 2. The van der Waals surface area contributed by atoms with Crippen molar-refractivity contribution in [3.63, 3.8) is 0 Å². The molecule has 136 valence electrons. The minimum Gasteiger partial charge on any atom is -0.467 e. The minimum atomic E-state index is -0.942. The van der Waals surface area contributed by atoms with E-state index in [1.807, 2.05) is 23.8 Å². The predicted molar refractivity (Wildman–Crippen MR) is 96.3 cm³/mol. The summed E-state index contributed by atoms with van der Waals surface area (Å²) in [6.45, 7) is 3.75. The molecule has 0 fully saturated rings. The highest BCUT2D eigenvalue weighted by atomic mass is 32.1. The second-order valence-corrected chi connectivity index (χ2v) is 6.67. The quantitative estimate of drug-likeness (QED) is 0.690. The van der Waals surface area contributed by atoms with Crippen LogP contribution in [0.2, 0.25) is 0 Å². The number of nitrogens with one attached hydrogen (secondary N) is 1. The fraction of sp³-hybridized carbons (Fsp3) is 0.294. The number of rotatable bonds is 5. The maximum Gasteiger partial charge on any atom is 0.334 e. The summed E-state index contributed by atoms with van der Waals surface area (Å²) >= 11 is 1.49. The third kappa shape index (κ3) is 3.13. The predicted octanol–water partition coefficient (Wildman–Crippen LogP) is 1.93. The molecule has 0 saturated carbocycles. The monoisotopic (exact) mass is 373 g/mol. The van der Waals surface area contributed by atoms with E-state index in [9.17, 15) is 9.59 Å². The van der Waals surface area contributed by atoms with E-state index < -0.39 is 12.0 Å². The van der Waals surface area contributed by atoms with Crippen molar-refractivity contribution in [2.75, 3.05) is 7.11 Å². The van der Waals surface area contributed by atoms with Crippen molar-refractivity contribution in [3.05, 3.63) is 52.8 Å². The van der Waals surface area contributed by atoms with E-state index in [-0.39, 0.29) is 5.91 Å². The van der Waals surface area contributed by atoms with Crippen LogP contribution >= 0.6 is 11.3 Å². The van der Waals surface area contributed by atoms with E-state index in [1.165, 1.54) is 24.6 Å². The number of aromatic nitrogens is 4. The van der Waals surface area contributed by atoms with Gasteiger partial charge in [-0.3, -0.25) is 9.36 Å². The molecule has 1 atom stereocenters. The first kappa shape index (κ1) is 17.9. The fourth-order valence-electron chi connectivity index (χ4n) is 2.84. The van der Waals surface area contributed by atoms with E-state index in [2.05, 4.69) is 15.3 Å². The van der Waals surface area contributed by atoms with Crippen LogP contribution in [-0.4, -0.2) is 38.1 Å². The smallest absolute Gasteiger partial charge is 0.334 e. The molecule has 3 rings (SSSR count). The molecule has 3 heterocycles. The number of hydrogen-bond acceptors (Lipinski definition) is 6. The number of methoxy groups -OCH3 is 1. The number of carbonyl (C=O) groups excluding carboxylic acids is 2. The Labute approximate surface area is 154 Å². The molecule has 26 heavy (non-hydrogen) atoms. The second kappa shape index (κ2) is 7.12. The zero-order valence-corrected chi connectivity index (χ0v) is 15.7. The molecule has 0 aromatic carbocycles. The van der Waals surface area contributed by atoms with Gasteiger partial charge < -0.3 is 14.6 Å². The maximum atomic E-state index is 12.9. The lowest BCUT2D eigenvalue weighted by Crippen LogP contribution is -2.35. The third-order valence-corrected chi connectivity index (χ3v) is 4.90. The molecule has 3 aromatic rings. The Morgan fingerprint density at radius 2 is 2.12 bits per heavy atom. The molecule has 0 aliphatic rings. The first-order chi connectivity index (χ1) is 12.4. The Balaban J connectivity index is 1.93.